The summed E-state index contributed by atoms with van der Waals surface area (Å²) in [6, 6.07) is 0. The monoisotopic (exact) mass is 184 g/mol. The second-order valence-corrected chi connectivity index (χ2v) is 4.66. The average Bonchev–Trinajstić information content (AvgIpc) is 2.53. The molecule has 0 amide bonds. The molecule has 3 N–H and O–H groups in total. The Hall–Kier alpha value is -0.0800. The molecule has 2 heteroatoms. The molecule has 1 aliphatic carbocycles. The van der Waals surface area contributed by atoms with E-state index in [0.29, 0.717) is 5.41 Å². The van der Waals surface area contributed by atoms with E-state index >= 15 is 0 Å². The summed E-state index contributed by atoms with van der Waals surface area (Å²) in [5.74, 6) is 0. The van der Waals surface area contributed by atoms with Gasteiger partial charge < -0.3 is 11.1 Å². The van der Waals surface area contributed by atoms with Gasteiger partial charge >= 0.3 is 0 Å². The van der Waals surface area contributed by atoms with Gasteiger partial charge in [-0.3, -0.25) is 0 Å². The first-order chi connectivity index (χ1) is 6.27. The lowest BCUT2D eigenvalue weighted by molar-refractivity contribution is 0.298. The van der Waals surface area contributed by atoms with Gasteiger partial charge in [0.05, 0.1) is 0 Å². The van der Waals surface area contributed by atoms with Crippen LogP contribution in [0.4, 0.5) is 0 Å². The van der Waals surface area contributed by atoms with Gasteiger partial charge in [0.25, 0.3) is 0 Å². The SMILES string of the molecule is CC1(CCCNCCN)CCCC1. The van der Waals surface area contributed by atoms with Crippen molar-refractivity contribution < 1.29 is 0 Å². The van der Waals surface area contributed by atoms with Crippen molar-refractivity contribution >= 4 is 0 Å². The largest absolute Gasteiger partial charge is 0.329 e. The van der Waals surface area contributed by atoms with Gasteiger partial charge in [0.2, 0.25) is 0 Å². The Morgan fingerprint density at radius 3 is 2.54 bits per heavy atom. The molecule has 0 spiro atoms. The minimum atomic E-state index is 0.671. The van der Waals surface area contributed by atoms with E-state index in [1.807, 2.05) is 0 Å². The third-order valence-corrected chi connectivity index (χ3v) is 3.27. The molecule has 0 heterocycles. The van der Waals surface area contributed by atoms with Crippen LogP contribution in [0.3, 0.4) is 0 Å². The molecule has 1 fully saturated rings. The molecule has 1 saturated carbocycles. The van der Waals surface area contributed by atoms with Crippen LogP contribution in [0.2, 0.25) is 0 Å². The zero-order valence-electron chi connectivity index (χ0n) is 8.94. The highest BCUT2D eigenvalue weighted by Crippen LogP contribution is 2.40. The van der Waals surface area contributed by atoms with E-state index in [1.165, 1.54) is 38.5 Å². The van der Waals surface area contributed by atoms with Crippen LogP contribution in [0.15, 0.2) is 0 Å². The number of nitrogens with two attached hydrogens (primary N) is 1. The number of rotatable bonds is 6. The van der Waals surface area contributed by atoms with E-state index in [4.69, 9.17) is 5.73 Å². The van der Waals surface area contributed by atoms with Gasteiger partial charge in [0.15, 0.2) is 0 Å². The molecule has 1 aliphatic rings. The Morgan fingerprint density at radius 1 is 1.23 bits per heavy atom. The number of hydrogen-bond acceptors (Lipinski definition) is 2. The summed E-state index contributed by atoms with van der Waals surface area (Å²) in [7, 11) is 0. The molecule has 0 bridgehead atoms. The Morgan fingerprint density at radius 2 is 1.92 bits per heavy atom. The topological polar surface area (TPSA) is 38.0 Å². The van der Waals surface area contributed by atoms with Crippen molar-refractivity contribution in [1.29, 1.82) is 0 Å². The first-order valence-electron chi connectivity index (χ1n) is 5.68. The van der Waals surface area contributed by atoms with E-state index in [2.05, 4.69) is 12.2 Å². The summed E-state index contributed by atoms with van der Waals surface area (Å²) in [6.45, 7) is 5.32. The summed E-state index contributed by atoms with van der Waals surface area (Å²) in [6.07, 6.45) is 8.51. The Labute approximate surface area is 82.3 Å². The van der Waals surface area contributed by atoms with Crippen molar-refractivity contribution in [3.8, 4) is 0 Å². The lowest BCUT2D eigenvalue weighted by Gasteiger charge is -2.23. The minimum Gasteiger partial charge on any atom is -0.329 e. The maximum atomic E-state index is 5.40. The minimum absolute atomic E-state index is 0.671. The van der Waals surface area contributed by atoms with Crippen molar-refractivity contribution in [2.45, 2.75) is 45.4 Å². The van der Waals surface area contributed by atoms with Gasteiger partial charge in [0, 0.05) is 13.1 Å². The van der Waals surface area contributed by atoms with Gasteiger partial charge in [-0.05, 0) is 37.6 Å². The number of nitrogens with one attached hydrogen (secondary N) is 1. The summed E-state index contributed by atoms with van der Waals surface area (Å²) < 4.78 is 0. The predicted molar refractivity (Wildman–Crippen MR) is 57.7 cm³/mol. The van der Waals surface area contributed by atoms with Crippen LogP contribution >= 0.6 is 0 Å². The Bertz CT molecular complexity index is 128. The van der Waals surface area contributed by atoms with Gasteiger partial charge in [-0.15, -0.1) is 0 Å². The highest BCUT2D eigenvalue weighted by Gasteiger charge is 2.27. The van der Waals surface area contributed by atoms with E-state index in [9.17, 15) is 0 Å². The molecule has 0 aromatic rings. The standard InChI is InChI=1S/C11H24N2/c1-11(5-2-3-6-11)7-4-9-13-10-8-12/h13H,2-10,12H2,1H3. The highest BCUT2D eigenvalue weighted by atomic mass is 14.9. The molecule has 0 atom stereocenters. The van der Waals surface area contributed by atoms with Crippen LogP contribution in [0.25, 0.3) is 0 Å². The highest BCUT2D eigenvalue weighted by molar-refractivity contribution is 4.80. The van der Waals surface area contributed by atoms with Crippen molar-refractivity contribution in [3.05, 3.63) is 0 Å². The zero-order chi connectivity index (χ0) is 9.57. The lowest BCUT2D eigenvalue weighted by atomic mass is 9.84. The average molecular weight is 184 g/mol. The van der Waals surface area contributed by atoms with E-state index < -0.39 is 0 Å². The van der Waals surface area contributed by atoms with Crippen molar-refractivity contribution in [1.82, 2.24) is 5.32 Å². The van der Waals surface area contributed by atoms with Crippen LogP contribution in [-0.4, -0.2) is 19.6 Å². The second-order valence-electron chi connectivity index (χ2n) is 4.66. The van der Waals surface area contributed by atoms with Crippen molar-refractivity contribution in [3.63, 3.8) is 0 Å². The summed E-state index contributed by atoms with van der Waals surface area (Å²) in [5.41, 5.74) is 6.07. The van der Waals surface area contributed by atoms with Gasteiger partial charge in [-0.25, -0.2) is 0 Å². The van der Waals surface area contributed by atoms with Crippen LogP contribution in [-0.2, 0) is 0 Å². The molecule has 13 heavy (non-hydrogen) atoms. The molecule has 78 valence electrons. The molecule has 0 unspecified atom stereocenters. The van der Waals surface area contributed by atoms with Gasteiger partial charge in [-0.1, -0.05) is 19.8 Å². The van der Waals surface area contributed by atoms with E-state index in [0.717, 1.165) is 19.6 Å². The molecule has 0 saturated heterocycles. The first kappa shape index (κ1) is 11.0. The third kappa shape index (κ3) is 4.10. The molecule has 2 nitrogen and oxygen atoms in total. The summed E-state index contributed by atoms with van der Waals surface area (Å²) in [5, 5.41) is 3.35. The van der Waals surface area contributed by atoms with Crippen LogP contribution in [0.5, 0.6) is 0 Å². The van der Waals surface area contributed by atoms with Gasteiger partial charge in [-0.2, -0.15) is 0 Å². The fourth-order valence-electron chi connectivity index (χ4n) is 2.35. The summed E-state index contributed by atoms with van der Waals surface area (Å²) in [4.78, 5) is 0. The fourth-order valence-corrected chi connectivity index (χ4v) is 2.35. The summed E-state index contributed by atoms with van der Waals surface area (Å²) >= 11 is 0. The van der Waals surface area contributed by atoms with Crippen molar-refractivity contribution in [2.75, 3.05) is 19.6 Å². The molecule has 0 aromatic heterocycles. The second kappa shape index (κ2) is 5.61. The maximum absolute atomic E-state index is 5.40. The zero-order valence-corrected chi connectivity index (χ0v) is 8.94. The van der Waals surface area contributed by atoms with Crippen molar-refractivity contribution in [2.24, 2.45) is 11.1 Å². The third-order valence-electron chi connectivity index (χ3n) is 3.27. The van der Waals surface area contributed by atoms with E-state index in [1.54, 1.807) is 0 Å². The molecule has 0 radical (unpaired) electrons. The first-order valence-corrected chi connectivity index (χ1v) is 5.68. The Kier molecular flexibility index (Phi) is 4.74. The smallest absolute Gasteiger partial charge is 0.00745 e. The molecular weight excluding hydrogens is 160 g/mol. The van der Waals surface area contributed by atoms with Crippen LogP contribution < -0.4 is 11.1 Å². The molecule has 1 rings (SSSR count). The van der Waals surface area contributed by atoms with Crippen LogP contribution in [0.1, 0.15) is 45.4 Å². The lowest BCUT2D eigenvalue weighted by Crippen LogP contribution is -2.24. The maximum Gasteiger partial charge on any atom is 0.00745 e. The number of hydrogen-bond donors (Lipinski definition) is 2. The normalized spacial score (nSPS) is 20.8. The fraction of sp³-hybridized carbons (Fsp3) is 1.00. The van der Waals surface area contributed by atoms with Gasteiger partial charge in [0.1, 0.15) is 0 Å². The quantitative estimate of drug-likeness (QED) is 0.619. The van der Waals surface area contributed by atoms with Crippen LogP contribution in [0, 0.1) is 5.41 Å². The predicted octanol–water partition coefficient (Wildman–Crippen LogP) is 1.90. The molecule has 0 aromatic carbocycles. The Balaban J connectivity index is 1.98. The molecular formula is C11H24N2. The molecule has 0 aliphatic heterocycles. The van der Waals surface area contributed by atoms with E-state index in [-0.39, 0.29) is 0 Å².